The number of morpholine rings is 1. The number of benzene rings is 1. The number of hydrogen-bond acceptors (Lipinski definition) is 4. The summed E-state index contributed by atoms with van der Waals surface area (Å²) in [6, 6.07) is 6.23. The minimum Gasteiger partial charge on any atom is -0.480 e. The molecule has 1 aliphatic heterocycles. The number of ether oxygens (including phenoxy) is 1. The first kappa shape index (κ1) is 17.4. The lowest BCUT2D eigenvalue weighted by Gasteiger charge is -2.34. The molecule has 0 aliphatic carbocycles. The predicted octanol–water partition coefficient (Wildman–Crippen LogP) is 0.612. The van der Waals surface area contributed by atoms with E-state index in [4.69, 9.17) is 9.84 Å². The Morgan fingerprint density at radius 3 is 2.87 bits per heavy atom. The van der Waals surface area contributed by atoms with Crippen LogP contribution >= 0.6 is 0 Å². The summed E-state index contributed by atoms with van der Waals surface area (Å²) in [6.07, 6.45) is -0.220. The Hall–Kier alpha value is -1.99. The third-order valence-electron chi connectivity index (χ3n) is 3.71. The molecule has 1 saturated heterocycles. The van der Waals surface area contributed by atoms with Crippen LogP contribution < -0.4 is 0 Å². The van der Waals surface area contributed by atoms with Crippen molar-refractivity contribution in [1.82, 2.24) is 9.80 Å². The standard InChI is InChI=1S/C16H21FN2O4/c1-18(11-16(21)22)9-13-10-19(6-7-23-13)15(20)8-12-4-2-3-5-14(12)17/h2-5,13H,6-11H2,1H3,(H,21,22)/t13-/m0/s1. The summed E-state index contributed by atoms with van der Waals surface area (Å²) >= 11 is 0. The van der Waals surface area contributed by atoms with Gasteiger partial charge in [0.05, 0.1) is 25.7 Å². The topological polar surface area (TPSA) is 70.1 Å². The van der Waals surface area contributed by atoms with E-state index in [0.29, 0.717) is 31.8 Å². The van der Waals surface area contributed by atoms with Gasteiger partial charge in [-0.3, -0.25) is 14.5 Å². The molecule has 0 bridgehead atoms. The Balaban J connectivity index is 1.89. The van der Waals surface area contributed by atoms with Gasteiger partial charge in [0.2, 0.25) is 5.91 Å². The van der Waals surface area contributed by atoms with Gasteiger partial charge in [-0.2, -0.15) is 0 Å². The van der Waals surface area contributed by atoms with Crippen molar-refractivity contribution in [1.29, 1.82) is 0 Å². The van der Waals surface area contributed by atoms with Crippen LogP contribution in [0.1, 0.15) is 5.56 Å². The Morgan fingerprint density at radius 1 is 1.43 bits per heavy atom. The number of carbonyl (C=O) groups excluding carboxylic acids is 1. The Kier molecular flexibility index (Phi) is 6.06. The van der Waals surface area contributed by atoms with Crippen molar-refractivity contribution in [2.45, 2.75) is 12.5 Å². The molecule has 1 N–H and O–H groups in total. The van der Waals surface area contributed by atoms with E-state index in [-0.39, 0.29) is 30.8 Å². The number of carbonyl (C=O) groups is 2. The van der Waals surface area contributed by atoms with Gasteiger partial charge in [0, 0.05) is 19.6 Å². The van der Waals surface area contributed by atoms with Gasteiger partial charge in [0.25, 0.3) is 0 Å². The third-order valence-corrected chi connectivity index (χ3v) is 3.71. The zero-order valence-corrected chi connectivity index (χ0v) is 13.1. The molecule has 1 aromatic carbocycles. The van der Waals surface area contributed by atoms with Crippen LogP contribution in [0.4, 0.5) is 4.39 Å². The maximum absolute atomic E-state index is 13.6. The number of rotatable bonds is 6. The van der Waals surface area contributed by atoms with Gasteiger partial charge in [0.1, 0.15) is 5.82 Å². The zero-order chi connectivity index (χ0) is 16.8. The van der Waals surface area contributed by atoms with E-state index in [9.17, 15) is 14.0 Å². The molecule has 1 heterocycles. The van der Waals surface area contributed by atoms with E-state index in [1.165, 1.54) is 6.07 Å². The Morgan fingerprint density at radius 2 is 2.17 bits per heavy atom. The second kappa shape index (κ2) is 8.03. The number of hydrogen-bond donors (Lipinski definition) is 1. The fourth-order valence-electron chi connectivity index (χ4n) is 2.62. The molecular formula is C16H21FN2O4. The van der Waals surface area contributed by atoms with Crippen LogP contribution in [0.15, 0.2) is 24.3 Å². The molecule has 2 rings (SSSR count). The smallest absolute Gasteiger partial charge is 0.317 e. The number of carboxylic acid groups (broad SMARTS) is 1. The summed E-state index contributed by atoms with van der Waals surface area (Å²) in [5.74, 6) is -1.44. The first-order valence-corrected chi connectivity index (χ1v) is 7.49. The highest BCUT2D eigenvalue weighted by molar-refractivity contribution is 5.79. The Labute approximate surface area is 134 Å². The van der Waals surface area contributed by atoms with Crippen molar-refractivity contribution in [3.63, 3.8) is 0 Å². The highest BCUT2D eigenvalue weighted by Gasteiger charge is 2.25. The molecule has 7 heteroatoms. The molecule has 0 unspecified atom stereocenters. The van der Waals surface area contributed by atoms with Gasteiger partial charge in [-0.05, 0) is 18.7 Å². The fraction of sp³-hybridized carbons (Fsp3) is 0.500. The predicted molar refractivity (Wildman–Crippen MR) is 81.6 cm³/mol. The molecule has 1 amide bonds. The fourth-order valence-corrected chi connectivity index (χ4v) is 2.62. The summed E-state index contributed by atoms with van der Waals surface area (Å²) in [4.78, 5) is 26.3. The van der Waals surface area contributed by atoms with Crippen molar-refractivity contribution in [3.05, 3.63) is 35.6 Å². The van der Waals surface area contributed by atoms with Gasteiger partial charge in [-0.15, -0.1) is 0 Å². The second-order valence-corrected chi connectivity index (χ2v) is 5.69. The van der Waals surface area contributed by atoms with Crippen LogP contribution in [-0.2, 0) is 20.7 Å². The molecule has 1 fully saturated rings. The molecule has 23 heavy (non-hydrogen) atoms. The average molecular weight is 324 g/mol. The monoisotopic (exact) mass is 324 g/mol. The second-order valence-electron chi connectivity index (χ2n) is 5.69. The molecule has 1 atom stereocenters. The molecule has 1 aromatic rings. The minimum absolute atomic E-state index is 0.0182. The van der Waals surface area contributed by atoms with E-state index in [2.05, 4.69) is 0 Å². The number of aliphatic carboxylic acids is 1. The van der Waals surface area contributed by atoms with E-state index < -0.39 is 5.97 Å². The largest absolute Gasteiger partial charge is 0.480 e. The molecule has 6 nitrogen and oxygen atoms in total. The molecule has 0 radical (unpaired) electrons. The molecular weight excluding hydrogens is 303 g/mol. The first-order valence-electron chi connectivity index (χ1n) is 7.49. The maximum Gasteiger partial charge on any atom is 0.317 e. The van der Waals surface area contributed by atoms with Crippen molar-refractivity contribution < 1.29 is 23.8 Å². The highest BCUT2D eigenvalue weighted by atomic mass is 19.1. The van der Waals surface area contributed by atoms with E-state index >= 15 is 0 Å². The van der Waals surface area contributed by atoms with Crippen molar-refractivity contribution in [3.8, 4) is 0 Å². The quantitative estimate of drug-likeness (QED) is 0.830. The number of nitrogens with zero attached hydrogens (tertiary/aromatic N) is 2. The van der Waals surface area contributed by atoms with Crippen LogP contribution in [-0.4, -0.2) is 72.7 Å². The molecule has 126 valence electrons. The summed E-state index contributed by atoms with van der Waals surface area (Å²) in [5.41, 5.74) is 0.378. The van der Waals surface area contributed by atoms with Crippen LogP contribution in [0.3, 0.4) is 0 Å². The maximum atomic E-state index is 13.6. The molecule has 0 spiro atoms. The van der Waals surface area contributed by atoms with E-state index in [1.54, 1.807) is 35.0 Å². The number of likely N-dealkylation sites (N-methyl/N-ethyl adjacent to an activating group) is 1. The zero-order valence-electron chi connectivity index (χ0n) is 13.1. The SMILES string of the molecule is CN(CC(=O)O)C[C@H]1CN(C(=O)Cc2ccccc2F)CCO1. The minimum atomic E-state index is -0.907. The van der Waals surface area contributed by atoms with Gasteiger partial charge in [-0.25, -0.2) is 4.39 Å². The first-order chi connectivity index (χ1) is 11.0. The number of amides is 1. The number of halogens is 1. The van der Waals surface area contributed by atoms with Crippen molar-refractivity contribution in [2.75, 3.05) is 39.8 Å². The van der Waals surface area contributed by atoms with Crippen LogP contribution in [0.5, 0.6) is 0 Å². The lowest BCUT2D eigenvalue weighted by molar-refractivity contribution is -0.142. The summed E-state index contributed by atoms with van der Waals surface area (Å²) < 4.78 is 19.2. The normalized spacial score (nSPS) is 18.2. The van der Waals surface area contributed by atoms with Crippen LogP contribution in [0, 0.1) is 5.82 Å². The van der Waals surface area contributed by atoms with Gasteiger partial charge >= 0.3 is 5.97 Å². The summed E-state index contributed by atoms with van der Waals surface area (Å²) in [5, 5.41) is 8.76. The van der Waals surface area contributed by atoms with Crippen molar-refractivity contribution >= 4 is 11.9 Å². The lowest BCUT2D eigenvalue weighted by Crippen LogP contribution is -2.50. The van der Waals surface area contributed by atoms with Gasteiger partial charge in [0.15, 0.2) is 0 Å². The third kappa shape index (κ3) is 5.30. The average Bonchev–Trinajstić information content (AvgIpc) is 2.49. The van der Waals surface area contributed by atoms with Gasteiger partial charge < -0.3 is 14.7 Å². The van der Waals surface area contributed by atoms with Gasteiger partial charge in [-0.1, -0.05) is 18.2 Å². The summed E-state index contributed by atoms with van der Waals surface area (Å²) in [7, 11) is 1.69. The molecule has 0 saturated carbocycles. The Bertz CT molecular complexity index is 567. The van der Waals surface area contributed by atoms with E-state index in [0.717, 1.165) is 0 Å². The van der Waals surface area contributed by atoms with E-state index in [1.807, 2.05) is 0 Å². The highest BCUT2D eigenvalue weighted by Crippen LogP contribution is 2.12. The van der Waals surface area contributed by atoms with Crippen LogP contribution in [0.25, 0.3) is 0 Å². The van der Waals surface area contributed by atoms with Crippen molar-refractivity contribution in [2.24, 2.45) is 0 Å². The molecule has 0 aromatic heterocycles. The number of carboxylic acids is 1. The summed E-state index contributed by atoms with van der Waals surface area (Å²) in [6.45, 7) is 1.59. The molecule has 1 aliphatic rings. The lowest BCUT2D eigenvalue weighted by atomic mass is 10.1. The van der Waals surface area contributed by atoms with Crippen LogP contribution in [0.2, 0.25) is 0 Å².